The molecule has 98 valence electrons. The molecule has 0 fully saturated rings. The zero-order valence-electron chi connectivity index (χ0n) is 11.3. The molecule has 0 aliphatic rings. The molecule has 1 heterocycles. The van der Waals surface area contributed by atoms with E-state index in [4.69, 9.17) is 4.74 Å². The Bertz CT molecular complexity index is 310. The van der Waals surface area contributed by atoms with Crippen LogP contribution in [-0.2, 0) is 17.8 Å². The van der Waals surface area contributed by atoms with Gasteiger partial charge < -0.3 is 14.6 Å². The SMILES string of the molecule is CCCNCc1cnc(C)n1CCOCCC. The molecule has 0 atom stereocenters. The average Bonchev–Trinajstić information content (AvgIpc) is 2.67. The van der Waals surface area contributed by atoms with Gasteiger partial charge in [-0.25, -0.2) is 4.98 Å². The van der Waals surface area contributed by atoms with Crippen LogP contribution in [0.4, 0.5) is 0 Å². The molecule has 0 saturated heterocycles. The van der Waals surface area contributed by atoms with Crippen molar-refractivity contribution in [2.45, 2.75) is 46.7 Å². The Kier molecular flexibility index (Phi) is 6.89. The molecule has 0 aromatic carbocycles. The summed E-state index contributed by atoms with van der Waals surface area (Å²) in [4.78, 5) is 4.36. The molecule has 1 rings (SSSR count). The number of rotatable bonds is 9. The number of hydrogen-bond acceptors (Lipinski definition) is 3. The number of aromatic nitrogens is 2. The summed E-state index contributed by atoms with van der Waals surface area (Å²) < 4.78 is 7.76. The van der Waals surface area contributed by atoms with Gasteiger partial charge in [0.1, 0.15) is 5.82 Å². The Labute approximate surface area is 104 Å². The van der Waals surface area contributed by atoms with E-state index in [0.29, 0.717) is 0 Å². The molecule has 0 unspecified atom stereocenters. The second-order valence-corrected chi connectivity index (χ2v) is 4.24. The molecule has 4 heteroatoms. The van der Waals surface area contributed by atoms with E-state index in [2.05, 4.69) is 28.7 Å². The van der Waals surface area contributed by atoms with Crippen LogP contribution >= 0.6 is 0 Å². The van der Waals surface area contributed by atoms with E-state index in [1.165, 1.54) is 5.69 Å². The Morgan fingerprint density at radius 3 is 2.82 bits per heavy atom. The first-order valence-electron chi connectivity index (χ1n) is 6.59. The van der Waals surface area contributed by atoms with Gasteiger partial charge in [-0.3, -0.25) is 0 Å². The van der Waals surface area contributed by atoms with Crippen LogP contribution in [0, 0.1) is 6.92 Å². The fourth-order valence-corrected chi connectivity index (χ4v) is 1.76. The summed E-state index contributed by atoms with van der Waals surface area (Å²) in [5.41, 5.74) is 1.25. The summed E-state index contributed by atoms with van der Waals surface area (Å²) in [7, 11) is 0. The largest absolute Gasteiger partial charge is 0.380 e. The highest BCUT2D eigenvalue weighted by Gasteiger charge is 2.05. The zero-order valence-corrected chi connectivity index (χ0v) is 11.3. The third-order valence-corrected chi connectivity index (χ3v) is 2.68. The Hall–Kier alpha value is -0.870. The first-order valence-corrected chi connectivity index (χ1v) is 6.59. The van der Waals surface area contributed by atoms with Gasteiger partial charge in [0.15, 0.2) is 0 Å². The van der Waals surface area contributed by atoms with E-state index in [9.17, 15) is 0 Å². The first kappa shape index (κ1) is 14.2. The van der Waals surface area contributed by atoms with Crippen LogP contribution in [0.15, 0.2) is 6.20 Å². The quantitative estimate of drug-likeness (QED) is 0.671. The smallest absolute Gasteiger partial charge is 0.105 e. The molecule has 0 amide bonds. The first-order chi connectivity index (χ1) is 8.29. The minimum absolute atomic E-state index is 0.770. The molecule has 0 radical (unpaired) electrons. The summed E-state index contributed by atoms with van der Waals surface area (Å²) in [6.07, 6.45) is 4.19. The standard InChI is InChI=1S/C13H25N3O/c1-4-6-14-10-13-11-15-12(3)16(13)7-9-17-8-5-2/h11,14H,4-10H2,1-3H3. The van der Waals surface area contributed by atoms with Crippen LogP contribution in [0.3, 0.4) is 0 Å². The second kappa shape index (κ2) is 8.25. The van der Waals surface area contributed by atoms with Crippen LogP contribution in [0.2, 0.25) is 0 Å². The van der Waals surface area contributed by atoms with Crippen LogP contribution in [0.1, 0.15) is 38.2 Å². The molecule has 17 heavy (non-hydrogen) atoms. The van der Waals surface area contributed by atoms with E-state index in [-0.39, 0.29) is 0 Å². The number of nitrogens with one attached hydrogen (secondary N) is 1. The molecule has 1 aromatic heterocycles. The molecule has 4 nitrogen and oxygen atoms in total. The maximum absolute atomic E-state index is 5.52. The summed E-state index contributed by atoms with van der Waals surface area (Å²) >= 11 is 0. The molecule has 0 aliphatic carbocycles. The van der Waals surface area contributed by atoms with Crippen LogP contribution < -0.4 is 5.32 Å². The second-order valence-electron chi connectivity index (χ2n) is 4.24. The molecule has 0 spiro atoms. The van der Waals surface area contributed by atoms with Gasteiger partial charge in [0.05, 0.1) is 12.3 Å². The van der Waals surface area contributed by atoms with Gasteiger partial charge in [0, 0.05) is 25.9 Å². The monoisotopic (exact) mass is 239 g/mol. The van der Waals surface area contributed by atoms with Crippen molar-refractivity contribution in [2.75, 3.05) is 19.8 Å². The van der Waals surface area contributed by atoms with Gasteiger partial charge >= 0.3 is 0 Å². The third-order valence-electron chi connectivity index (χ3n) is 2.68. The zero-order chi connectivity index (χ0) is 12.5. The summed E-state index contributed by atoms with van der Waals surface area (Å²) in [6.45, 7) is 10.8. The van der Waals surface area contributed by atoms with Crippen molar-refractivity contribution in [2.24, 2.45) is 0 Å². The topological polar surface area (TPSA) is 39.1 Å². The highest BCUT2D eigenvalue weighted by atomic mass is 16.5. The van der Waals surface area contributed by atoms with Crippen molar-refractivity contribution in [3.63, 3.8) is 0 Å². The predicted octanol–water partition coefficient (Wildman–Crippen LogP) is 2.12. The van der Waals surface area contributed by atoms with Crippen molar-refractivity contribution in [1.29, 1.82) is 0 Å². The summed E-state index contributed by atoms with van der Waals surface area (Å²) in [6, 6.07) is 0. The number of hydrogen-bond donors (Lipinski definition) is 1. The number of ether oxygens (including phenoxy) is 1. The lowest BCUT2D eigenvalue weighted by molar-refractivity contribution is 0.126. The lowest BCUT2D eigenvalue weighted by Crippen LogP contribution is -2.18. The van der Waals surface area contributed by atoms with Crippen molar-refractivity contribution in [1.82, 2.24) is 14.9 Å². The molecule has 0 aliphatic heterocycles. The predicted molar refractivity (Wildman–Crippen MR) is 70.1 cm³/mol. The lowest BCUT2D eigenvalue weighted by Gasteiger charge is -2.11. The van der Waals surface area contributed by atoms with E-state index < -0.39 is 0 Å². The highest BCUT2D eigenvalue weighted by Crippen LogP contribution is 2.04. The van der Waals surface area contributed by atoms with Gasteiger partial charge in [-0.05, 0) is 26.3 Å². The van der Waals surface area contributed by atoms with Crippen molar-refractivity contribution in [3.05, 3.63) is 17.7 Å². The van der Waals surface area contributed by atoms with Gasteiger partial charge in [-0.15, -0.1) is 0 Å². The van der Waals surface area contributed by atoms with Crippen LogP contribution in [0.25, 0.3) is 0 Å². The fourth-order valence-electron chi connectivity index (χ4n) is 1.76. The van der Waals surface area contributed by atoms with Crippen molar-refractivity contribution >= 4 is 0 Å². The van der Waals surface area contributed by atoms with Gasteiger partial charge in [0.2, 0.25) is 0 Å². The molecular formula is C13H25N3O. The maximum Gasteiger partial charge on any atom is 0.105 e. The minimum Gasteiger partial charge on any atom is -0.380 e. The third kappa shape index (κ3) is 4.88. The maximum atomic E-state index is 5.52. The molecule has 0 saturated carbocycles. The van der Waals surface area contributed by atoms with Crippen molar-refractivity contribution < 1.29 is 4.74 Å². The minimum atomic E-state index is 0.770. The Morgan fingerprint density at radius 1 is 1.29 bits per heavy atom. The normalized spacial score (nSPS) is 11.0. The van der Waals surface area contributed by atoms with Crippen LogP contribution in [-0.4, -0.2) is 29.3 Å². The van der Waals surface area contributed by atoms with E-state index in [0.717, 1.165) is 51.5 Å². The summed E-state index contributed by atoms with van der Waals surface area (Å²) in [5.74, 6) is 1.07. The number of imidazole rings is 1. The van der Waals surface area contributed by atoms with Crippen molar-refractivity contribution in [3.8, 4) is 0 Å². The molecular weight excluding hydrogens is 214 g/mol. The molecule has 1 N–H and O–H groups in total. The van der Waals surface area contributed by atoms with Crippen LogP contribution in [0.5, 0.6) is 0 Å². The summed E-state index contributed by atoms with van der Waals surface area (Å²) in [5, 5.41) is 3.41. The van der Waals surface area contributed by atoms with Gasteiger partial charge in [-0.2, -0.15) is 0 Å². The van der Waals surface area contributed by atoms with E-state index in [1.54, 1.807) is 0 Å². The number of nitrogens with zero attached hydrogens (tertiary/aromatic N) is 2. The van der Waals surface area contributed by atoms with Gasteiger partial charge in [0.25, 0.3) is 0 Å². The Balaban J connectivity index is 2.42. The molecule has 1 aromatic rings. The van der Waals surface area contributed by atoms with E-state index in [1.807, 2.05) is 13.1 Å². The number of aryl methyl sites for hydroxylation is 1. The molecule has 0 bridgehead atoms. The lowest BCUT2D eigenvalue weighted by atomic mass is 10.4. The van der Waals surface area contributed by atoms with E-state index >= 15 is 0 Å². The highest BCUT2D eigenvalue weighted by molar-refractivity contribution is 5.04. The fraction of sp³-hybridized carbons (Fsp3) is 0.769. The average molecular weight is 239 g/mol. The van der Waals surface area contributed by atoms with Gasteiger partial charge in [-0.1, -0.05) is 13.8 Å². The Morgan fingerprint density at radius 2 is 2.12 bits per heavy atom.